The first-order chi connectivity index (χ1) is 7.65. The standard InChI is InChI=1S/C12H15NO3.Na/c1-2-6-10(12(15)16)13-11(14)9-7-4-3-5-8-9;/h3-5,7-8,10H,2,6H2,1H3,(H,13,14)(H,15,16);/q;+1/p-1/t10-;/m0./s1. The molecular formula is C12H14NNaO3. The first-order valence-corrected chi connectivity index (χ1v) is 5.18. The summed E-state index contributed by atoms with van der Waals surface area (Å²) in [4.78, 5) is 14.5. The summed E-state index contributed by atoms with van der Waals surface area (Å²) in [5, 5.41) is 20.5. The van der Waals surface area contributed by atoms with Crippen molar-refractivity contribution >= 4 is 11.9 Å². The molecule has 0 unspecified atom stereocenters. The van der Waals surface area contributed by atoms with Crippen LogP contribution in [0.15, 0.2) is 35.3 Å². The molecule has 1 rings (SSSR count). The van der Waals surface area contributed by atoms with Crippen LogP contribution in [0.25, 0.3) is 0 Å². The van der Waals surface area contributed by atoms with Crippen molar-refractivity contribution in [2.45, 2.75) is 25.8 Å². The minimum atomic E-state index is -1.05. The number of carboxylic acid groups (broad SMARTS) is 1. The molecule has 5 heteroatoms. The zero-order valence-electron chi connectivity index (χ0n) is 10.1. The van der Waals surface area contributed by atoms with Crippen LogP contribution in [0.2, 0.25) is 0 Å². The first-order valence-electron chi connectivity index (χ1n) is 5.18. The number of aliphatic carboxylic acids is 1. The molecule has 0 aliphatic heterocycles. The second-order valence-corrected chi connectivity index (χ2v) is 3.44. The van der Waals surface area contributed by atoms with Gasteiger partial charge in [0.05, 0.1) is 0 Å². The summed E-state index contributed by atoms with van der Waals surface area (Å²) in [7, 11) is 0. The number of hydrogen-bond donors (Lipinski definition) is 1. The zero-order valence-corrected chi connectivity index (χ0v) is 12.1. The van der Waals surface area contributed by atoms with Crippen molar-refractivity contribution < 1.29 is 44.6 Å². The first kappa shape index (κ1) is 16.2. The van der Waals surface area contributed by atoms with Gasteiger partial charge in [0, 0.05) is 0 Å². The van der Waals surface area contributed by atoms with Crippen molar-refractivity contribution in [3.63, 3.8) is 0 Å². The van der Waals surface area contributed by atoms with Crippen molar-refractivity contribution in [2.24, 2.45) is 4.99 Å². The molecule has 4 nitrogen and oxygen atoms in total. The van der Waals surface area contributed by atoms with Gasteiger partial charge in [-0.2, -0.15) is 0 Å². The second kappa shape index (κ2) is 8.28. The molecule has 0 saturated heterocycles. The minimum absolute atomic E-state index is 0. The fraction of sp³-hybridized carbons (Fsp3) is 0.333. The molecule has 0 fully saturated rings. The van der Waals surface area contributed by atoms with E-state index in [0.717, 1.165) is 0 Å². The summed E-state index contributed by atoms with van der Waals surface area (Å²) in [6.45, 7) is 1.86. The monoisotopic (exact) mass is 243 g/mol. The van der Waals surface area contributed by atoms with Gasteiger partial charge >= 0.3 is 35.5 Å². The summed E-state index contributed by atoms with van der Waals surface area (Å²) >= 11 is 0. The van der Waals surface area contributed by atoms with Crippen LogP contribution < -0.4 is 34.7 Å². The Kier molecular flexibility index (Phi) is 7.87. The van der Waals surface area contributed by atoms with Crippen molar-refractivity contribution in [2.75, 3.05) is 0 Å². The fourth-order valence-electron chi connectivity index (χ4n) is 1.31. The van der Waals surface area contributed by atoms with Gasteiger partial charge in [-0.15, -0.1) is 0 Å². The summed E-state index contributed by atoms with van der Waals surface area (Å²) < 4.78 is 0. The molecule has 1 aromatic rings. The van der Waals surface area contributed by atoms with Gasteiger partial charge in [0.1, 0.15) is 6.04 Å². The maximum Gasteiger partial charge on any atom is 1.00 e. The minimum Gasteiger partial charge on any atom is -0.858 e. The van der Waals surface area contributed by atoms with Crippen molar-refractivity contribution in [3.8, 4) is 0 Å². The van der Waals surface area contributed by atoms with Crippen LogP contribution >= 0.6 is 0 Å². The van der Waals surface area contributed by atoms with E-state index in [0.29, 0.717) is 18.4 Å². The third kappa shape index (κ3) is 5.35. The SMILES string of the molecule is CCC[C@H](N=C([O-])c1ccccc1)C(=O)O.[Na+]. The molecule has 0 saturated carbocycles. The smallest absolute Gasteiger partial charge is 0.858 e. The summed E-state index contributed by atoms with van der Waals surface area (Å²) in [6.07, 6.45) is 1.07. The number of aliphatic imine (C=N–C) groups is 1. The van der Waals surface area contributed by atoms with E-state index >= 15 is 0 Å². The van der Waals surface area contributed by atoms with Gasteiger partial charge in [-0.3, -0.25) is 4.99 Å². The molecule has 17 heavy (non-hydrogen) atoms. The molecule has 86 valence electrons. The maximum absolute atomic E-state index is 11.6. The predicted octanol–water partition coefficient (Wildman–Crippen LogP) is -1.95. The maximum atomic E-state index is 11.6. The van der Waals surface area contributed by atoms with Gasteiger partial charge in [0.25, 0.3) is 0 Å². The third-order valence-corrected chi connectivity index (χ3v) is 2.14. The van der Waals surface area contributed by atoms with Crippen LogP contribution in [0.4, 0.5) is 0 Å². The number of nitrogens with zero attached hydrogens (tertiary/aromatic N) is 1. The molecule has 1 atom stereocenters. The molecule has 0 heterocycles. The summed E-state index contributed by atoms with van der Waals surface area (Å²) in [5.41, 5.74) is 0.421. The van der Waals surface area contributed by atoms with Gasteiger partial charge in [-0.25, -0.2) is 4.79 Å². The summed E-state index contributed by atoms with van der Waals surface area (Å²) in [6, 6.07) is 7.54. The number of rotatable bonds is 5. The zero-order chi connectivity index (χ0) is 12.0. The van der Waals surface area contributed by atoms with E-state index in [4.69, 9.17) is 5.11 Å². The number of hydrogen-bond acceptors (Lipinski definition) is 3. The largest absolute Gasteiger partial charge is 1.00 e. The van der Waals surface area contributed by atoms with Crippen LogP contribution in [-0.4, -0.2) is 23.0 Å². The van der Waals surface area contributed by atoms with E-state index in [9.17, 15) is 9.90 Å². The van der Waals surface area contributed by atoms with Gasteiger partial charge in [0.15, 0.2) is 0 Å². The Bertz CT molecular complexity index is 379. The van der Waals surface area contributed by atoms with Crippen LogP contribution in [0, 0.1) is 0 Å². The van der Waals surface area contributed by atoms with Gasteiger partial charge in [-0.1, -0.05) is 43.7 Å². The predicted molar refractivity (Wildman–Crippen MR) is 59.3 cm³/mol. The Morgan fingerprint density at radius 3 is 2.47 bits per heavy atom. The van der Waals surface area contributed by atoms with E-state index in [1.54, 1.807) is 30.3 Å². The van der Waals surface area contributed by atoms with Crippen LogP contribution in [0.1, 0.15) is 25.3 Å². The van der Waals surface area contributed by atoms with Crippen LogP contribution in [0.5, 0.6) is 0 Å². The molecule has 0 aromatic heterocycles. The molecule has 0 amide bonds. The Balaban J connectivity index is 0.00000256. The normalized spacial score (nSPS) is 12.6. The molecule has 0 aliphatic carbocycles. The molecule has 0 radical (unpaired) electrons. The Morgan fingerprint density at radius 2 is 2.00 bits per heavy atom. The van der Waals surface area contributed by atoms with Crippen molar-refractivity contribution in [1.29, 1.82) is 0 Å². The van der Waals surface area contributed by atoms with Crippen molar-refractivity contribution in [3.05, 3.63) is 35.9 Å². The fourth-order valence-corrected chi connectivity index (χ4v) is 1.31. The molecular weight excluding hydrogens is 229 g/mol. The molecule has 1 N–H and O–H groups in total. The van der Waals surface area contributed by atoms with E-state index in [-0.39, 0.29) is 29.6 Å². The van der Waals surface area contributed by atoms with Gasteiger partial charge in [-0.05, 0) is 17.9 Å². The Morgan fingerprint density at radius 1 is 1.41 bits per heavy atom. The average molecular weight is 243 g/mol. The van der Waals surface area contributed by atoms with Crippen LogP contribution in [0.3, 0.4) is 0 Å². The number of carboxylic acids is 1. The van der Waals surface area contributed by atoms with Gasteiger partial charge in [0.2, 0.25) is 0 Å². The molecule has 0 aliphatic rings. The number of benzene rings is 1. The van der Waals surface area contributed by atoms with Crippen LogP contribution in [-0.2, 0) is 4.79 Å². The van der Waals surface area contributed by atoms with E-state index in [1.165, 1.54) is 0 Å². The average Bonchev–Trinajstić information content (AvgIpc) is 2.29. The van der Waals surface area contributed by atoms with E-state index < -0.39 is 17.9 Å². The molecule has 1 aromatic carbocycles. The van der Waals surface area contributed by atoms with Crippen molar-refractivity contribution in [1.82, 2.24) is 0 Å². The third-order valence-electron chi connectivity index (χ3n) is 2.14. The second-order valence-electron chi connectivity index (χ2n) is 3.44. The van der Waals surface area contributed by atoms with Gasteiger partial charge < -0.3 is 10.2 Å². The summed E-state index contributed by atoms with van der Waals surface area (Å²) in [5.74, 6) is -1.52. The quantitative estimate of drug-likeness (QED) is 0.371. The Labute approximate surface area is 123 Å². The van der Waals surface area contributed by atoms with E-state index in [2.05, 4.69) is 4.99 Å². The van der Waals surface area contributed by atoms with E-state index in [1.807, 2.05) is 6.92 Å². The topological polar surface area (TPSA) is 72.7 Å². The number of carbonyl (C=O) groups is 1. The molecule has 0 spiro atoms. The molecule has 0 bridgehead atoms. The Hall–Kier alpha value is -0.840.